The molecule has 2 unspecified atom stereocenters. The Kier molecular flexibility index (Phi) is 17.7. The first-order valence-corrected chi connectivity index (χ1v) is 22.3. The lowest BCUT2D eigenvalue weighted by molar-refractivity contribution is -0.145. The monoisotopic (exact) mass is 834 g/mol. The Bertz CT molecular complexity index is 1500. The van der Waals surface area contributed by atoms with E-state index < -0.39 is 47.0 Å². The fourth-order valence-corrected chi connectivity index (χ4v) is 8.27. The number of β-amino-alcohol motifs (C(OH)–C–C–N with tert-alkyl or cyclic N) is 1. The molecule has 1 saturated carbocycles. The van der Waals surface area contributed by atoms with Gasteiger partial charge < -0.3 is 25.4 Å². The molecule has 1 aromatic carbocycles. The molecule has 4 rings (SSSR count). The van der Waals surface area contributed by atoms with Crippen molar-refractivity contribution < 1.29 is 28.6 Å². The zero-order valence-corrected chi connectivity index (χ0v) is 35.4. The molecule has 2 aliphatic rings. The SMILES string of the molecule is Cc1ncsc1-c1ccc(CNC(=O)C2CC(O)CN2C(=O)[C@@H](NC(=O)C2(F)CC2)C(C)(C)C)c(OCCCCCCCCCCCCCCCCBr)c1. The highest BCUT2D eigenvalue weighted by Crippen LogP contribution is 2.40. The van der Waals surface area contributed by atoms with Crippen molar-refractivity contribution in [3.8, 4) is 16.2 Å². The van der Waals surface area contributed by atoms with Gasteiger partial charge in [0.05, 0.1) is 28.8 Å². The maximum Gasteiger partial charge on any atom is 0.258 e. The summed E-state index contributed by atoms with van der Waals surface area (Å²) in [5.41, 5.74) is 1.89. The molecule has 3 atom stereocenters. The Hall–Kier alpha value is -2.57. The van der Waals surface area contributed by atoms with Crippen LogP contribution in [-0.2, 0) is 20.9 Å². The van der Waals surface area contributed by atoms with Gasteiger partial charge in [-0.25, -0.2) is 9.37 Å². The van der Waals surface area contributed by atoms with Crippen LogP contribution in [0.2, 0.25) is 0 Å². The van der Waals surface area contributed by atoms with Crippen molar-refractivity contribution >= 4 is 45.0 Å². The summed E-state index contributed by atoms with van der Waals surface area (Å²) in [6, 6.07) is 3.98. The number of unbranched alkanes of at least 4 members (excludes halogenated alkanes) is 13. The number of nitrogens with zero attached hydrogens (tertiary/aromatic N) is 2. The molecule has 3 amide bonds. The lowest BCUT2D eigenvalue weighted by Crippen LogP contribution is -2.59. The molecule has 0 spiro atoms. The van der Waals surface area contributed by atoms with Crippen LogP contribution in [0.25, 0.3) is 10.4 Å². The maximum absolute atomic E-state index is 14.6. The second-order valence-corrected chi connectivity index (χ2v) is 18.1. The van der Waals surface area contributed by atoms with Gasteiger partial charge in [0, 0.05) is 30.4 Å². The van der Waals surface area contributed by atoms with Gasteiger partial charge in [0.1, 0.15) is 17.8 Å². The molecule has 12 heteroatoms. The van der Waals surface area contributed by atoms with Crippen LogP contribution in [0.1, 0.15) is 141 Å². The van der Waals surface area contributed by atoms with E-state index in [1.807, 2.05) is 30.6 Å². The highest BCUT2D eigenvalue weighted by molar-refractivity contribution is 9.09. The van der Waals surface area contributed by atoms with E-state index in [4.69, 9.17) is 4.74 Å². The van der Waals surface area contributed by atoms with E-state index in [1.54, 1.807) is 32.1 Å². The number of carbonyl (C=O) groups excluding carboxylic acids is 3. The Morgan fingerprint density at radius 1 is 1.00 bits per heavy atom. The maximum atomic E-state index is 14.6. The number of alkyl halides is 2. The number of hydrogen-bond donors (Lipinski definition) is 3. The number of halogens is 2. The first kappa shape index (κ1) is 44.1. The normalized spacial score (nSPS) is 18.4. The fraction of sp³-hybridized carbons (Fsp3) is 0.714. The lowest BCUT2D eigenvalue weighted by Gasteiger charge is -2.35. The number of ether oxygens (including phenoxy) is 1. The molecule has 54 heavy (non-hydrogen) atoms. The number of aliphatic hydroxyl groups is 1. The molecule has 9 nitrogen and oxygen atoms in total. The minimum absolute atomic E-state index is 0.0461. The Labute approximate surface area is 335 Å². The van der Waals surface area contributed by atoms with E-state index in [0.29, 0.717) is 12.4 Å². The summed E-state index contributed by atoms with van der Waals surface area (Å²) in [6.45, 7) is 8.03. The van der Waals surface area contributed by atoms with Crippen molar-refractivity contribution in [2.45, 2.75) is 167 Å². The van der Waals surface area contributed by atoms with E-state index in [9.17, 15) is 23.9 Å². The molecule has 1 aromatic heterocycles. The fourth-order valence-electron chi connectivity index (χ4n) is 7.07. The van der Waals surface area contributed by atoms with Crippen molar-refractivity contribution in [1.29, 1.82) is 0 Å². The summed E-state index contributed by atoms with van der Waals surface area (Å²) in [5.74, 6) is -1.02. The third kappa shape index (κ3) is 13.6. The van der Waals surface area contributed by atoms with Crippen LogP contribution in [0, 0.1) is 12.3 Å². The smallest absolute Gasteiger partial charge is 0.258 e. The molecular formula is C42H64BrFN4O5S. The molecule has 2 fully saturated rings. The summed E-state index contributed by atoms with van der Waals surface area (Å²) in [6.07, 6.45) is 17.3. The Morgan fingerprint density at radius 3 is 2.13 bits per heavy atom. The molecule has 2 heterocycles. The number of nitrogens with one attached hydrogen (secondary N) is 2. The third-order valence-corrected chi connectivity index (χ3v) is 12.2. The van der Waals surface area contributed by atoms with Crippen LogP contribution >= 0.6 is 27.3 Å². The lowest BCUT2D eigenvalue weighted by atomic mass is 9.85. The quantitative estimate of drug-likeness (QED) is 0.0718. The van der Waals surface area contributed by atoms with Crippen molar-refractivity contribution in [3.05, 3.63) is 35.0 Å². The number of amides is 3. The molecule has 302 valence electrons. The van der Waals surface area contributed by atoms with Gasteiger partial charge in [-0.1, -0.05) is 126 Å². The predicted octanol–water partition coefficient (Wildman–Crippen LogP) is 8.96. The Morgan fingerprint density at radius 2 is 1.59 bits per heavy atom. The number of aryl methyl sites for hydroxylation is 1. The van der Waals surface area contributed by atoms with E-state index in [2.05, 4.69) is 31.5 Å². The first-order chi connectivity index (χ1) is 25.8. The van der Waals surface area contributed by atoms with Crippen molar-refractivity contribution in [2.75, 3.05) is 18.5 Å². The second-order valence-electron chi connectivity index (χ2n) is 16.4. The van der Waals surface area contributed by atoms with Gasteiger partial charge in [-0.2, -0.15) is 0 Å². The average molecular weight is 836 g/mol. The summed E-state index contributed by atoms with van der Waals surface area (Å²) >= 11 is 5.08. The highest BCUT2D eigenvalue weighted by atomic mass is 79.9. The molecule has 0 radical (unpaired) electrons. The molecule has 1 saturated heterocycles. The number of carbonyl (C=O) groups is 3. The van der Waals surface area contributed by atoms with Crippen molar-refractivity contribution in [2.24, 2.45) is 5.41 Å². The molecule has 1 aliphatic heterocycles. The number of hydrogen-bond acceptors (Lipinski definition) is 7. The van der Waals surface area contributed by atoms with Crippen LogP contribution < -0.4 is 15.4 Å². The van der Waals surface area contributed by atoms with Gasteiger partial charge in [0.15, 0.2) is 5.67 Å². The molecular weight excluding hydrogens is 771 g/mol. The minimum atomic E-state index is -1.94. The topological polar surface area (TPSA) is 121 Å². The van der Waals surface area contributed by atoms with Gasteiger partial charge in [0.2, 0.25) is 11.8 Å². The van der Waals surface area contributed by atoms with Gasteiger partial charge in [-0.15, -0.1) is 11.3 Å². The largest absolute Gasteiger partial charge is 0.493 e. The van der Waals surface area contributed by atoms with Gasteiger partial charge in [-0.3, -0.25) is 14.4 Å². The van der Waals surface area contributed by atoms with Crippen LogP contribution in [0.5, 0.6) is 5.75 Å². The van der Waals surface area contributed by atoms with Crippen LogP contribution in [-0.4, -0.2) is 75.1 Å². The van der Waals surface area contributed by atoms with E-state index in [1.165, 1.54) is 81.9 Å². The molecule has 0 bridgehead atoms. The molecule has 2 aromatic rings. The van der Waals surface area contributed by atoms with Crippen LogP contribution in [0.3, 0.4) is 0 Å². The molecule has 1 aliphatic carbocycles. The van der Waals surface area contributed by atoms with Gasteiger partial charge >= 0.3 is 0 Å². The van der Waals surface area contributed by atoms with E-state index >= 15 is 0 Å². The number of rotatable bonds is 24. The third-order valence-electron chi connectivity index (χ3n) is 10.7. The van der Waals surface area contributed by atoms with Crippen LogP contribution in [0.15, 0.2) is 23.7 Å². The zero-order valence-electron chi connectivity index (χ0n) is 33.0. The molecule has 3 N–H and O–H groups in total. The number of likely N-dealkylation sites (tertiary alicyclic amines) is 1. The van der Waals surface area contributed by atoms with Crippen LogP contribution in [0.4, 0.5) is 4.39 Å². The second kappa shape index (κ2) is 21.7. The standard InChI is InChI=1S/C42H64BrFN4O5S/c1-30-36(54-29-46-30)31-19-20-32(35(25-31)53-24-18-16-14-12-10-8-6-5-7-9-11-13-15-17-23-43)27-45-38(50)34-26-33(49)28-48(34)39(51)37(41(2,3)4)47-40(52)42(44)21-22-42/h19-20,25,29,33-34,37,49H,5-18,21-24,26-28H2,1-4H3,(H,45,50)(H,47,52)/t33?,34?,37-/m1/s1. The Balaban J connectivity index is 1.27. The zero-order chi connectivity index (χ0) is 39.1. The number of aromatic nitrogens is 1. The van der Waals surface area contributed by atoms with Crippen molar-refractivity contribution in [1.82, 2.24) is 20.5 Å². The predicted molar refractivity (Wildman–Crippen MR) is 219 cm³/mol. The summed E-state index contributed by atoms with van der Waals surface area (Å²) in [4.78, 5) is 46.9. The van der Waals surface area contributed by atoms with Crippen molar-refractivity contribution in [3.63, 3.8) is 0 Å². The minimum Gasteiger partial charge on any atom is -0.493 e. The number of benzene rings is 1. The first-order valence-electron chi connectivity index (χ1n) is 20.3. The van der Waals surface area contributed by atoms with Gasteiger partial charge in [-0.05, 0) is 49.7 Å². The summed E-state index contributed by atoms with van der Waals surface area (Å²) in [7, 11) is 0. The summed E-state index contributed by atoms with van der Waals surface area (Å²) in [5, 5.41) is 17.3. The number of thiazole rings is 1. The van der Waals surface area contributed by atoms with Gasteiger partial charge in [0.25, 0.3) is 5.91 Å². The summed E-state index contributed by atoms with van der Waals surface area (Å²) < 4.78 is 20.9. The van der Waals surface area contributed by atoms with E-state index in [-0.39, 0.29) is 32.4 Å². The van der Waals surface area contributed by atoms with E-state index in [0.717, 1.165) is 39.9 Å². The highest BCUT2D eigenvalue weighted by Gasteiger charge is 2.53. The average Bonchev–Trinajstić information content (AvgIpc) is 3.54. The number of aliphatic hydroxyl groups excluding tert-OH is 1.